The summed E-state index contributed by atoms with van der Waals surface area (Å²) in [5.41, 5.74) is 0.610. The average Bonchev–Trinajstić information content (AvgIpc) is 2.84. The van der Waals surface area contributed by atoms with Gasteiger partial charge >= 0.3 is 5.97 Å². The van der Waals surface area contributed by atoms with Crippen molar-refractivity contribution in [1.29, 1.82) is 0 Å². The number of carbonyl (C=O) groups excluding carboxylic acids is 2. The molecule has 0 fully saturated rings. The van der Waals surface area contributed by atoms with Gasteiger partial charge in [0.2, 0.25) is 0 Å². The van der Waals surface area contributed by atoms with E-state index in [-0.39, 0.29) is 5.78 Å². The van der Waals surface area contributed by atoms with Crippen LogP contribution in [0.15, 0.2) is 66.7 Å². The number of carbonyl (C=O) groups is 2. The third-order valence-corrected chi connectivity index (χ3v) is 6.67. The Kier molecular flexibility index (Phi) is 5.26. The van der Waals surface area contributed by atoms with E-state index in [1.54, 1.807) is 0 Å². The summed E-state index contributed by atoms with van der Waals surface area (Å²) in [6.07, 6.45) is 3.36. The van der Waals surface area contributed by atoms with Crippen LogP contribution < -0.4 is 0 Å². The molecule has 0 amide bonds. The third-order valence-electron chi connectivity index (χ3n) is 6.67. The fourth-order valence-electron chi connectivity index (χ4n) is 5.15. The SMILES string of the molecule is CCCCCC(C(=O)OC)C(=O)c1ccc2cccc3c4cccc5cccc(c1c23)c54. The van der Waals surface area contributed by atoms with Gasteiger partial charge in [0, 0.05) is 10.9 Å². The van der Waals surface area contributed by atoms with Crippen molar-refractivity contribution < 1.29 is 14.3 Å². The second-order valence-corrected chi connectivity index (χ2v) is 8.54. The summed E-state index contributed by atoms with van der Waals surface area (Å²) in [5, 5.41) is 8.82. The molecule has 0 aliphatic carbocycles. The Labute approximate surface area is 187 Å². The van der Waals surface area contributed by atoms with E-state index in [1.807, 2.05) is 18.2 Å². The van der Waals surface area contributed by atoms with Crippen LogP contribution in [-0.2, 0) is 9.53 Å². The lowest BCUT2D eigenvalue weighted by molar-refractivity contribution is -0.143. The van der Waals surface area contributed by atoms with E-state index in [0.29, 0.717) is 12.0 Å². The Hall–Kier alpha value is -3.46. The highest BCUT2D eigenvalue weighted by atomic mass is 16.5. The lowest BCUT2D eigenvalue weighted by atomic mass is 9.84. The van der Waals surface area contributed by atoms with Gasteiger partial charge in [0.25, 0.3) is 0 Å². The van der Waals surface area contributed by atoms with Crippen LogP contribution in [0.4, 0.5) is 0 Å². The summed E-state index contributed by atoms with van der Waals surface area (Å²) in [7, 11) is 1.36. The lowest BCUT2D eigenvalue weighted by Crippen LogP contribution is -2.25. The molecule has 5 aromatic carbocycles. The number of rotatable bonds is 7. The van der Waals surface area contributed by atoms with Crippen molar-refractivity contribution in [2.75, 3.05) is 7.11 Å². The van der Waals surface area contributed by atoms with Gasteiger partial charge in [0.05, 0.1) is 7.11 Å². The molecule has 5 aromatic rings. The van der Waals surface area contributed by atoms with Crippen LogP contribution in [0.1, 0.15) is 43.0 Å². The molecular formula is C29H26O3. The van der Waals surface area contributed by atoms with E-state index in [9.17, 15) is 9.59 Å². The maximum atomic E-state index is 13.8. The maximum absolute atomic E-state index is 13.8. The van der Waals surface area contributed by atoms with Gasteiger partial charge in [-0.2, -0.15) is 0 Å². The Morgan fingerprint density at radius 3 is 2.03 bits per heavy atom. The van der Waals surface area contributed by atoms with Crippen molar-refractivity contribution in [2.45, 2.75) is 32.6 Å². The molecule has 32 heavy (non-hydrogen) atoms. The van der Waals surface area contributed by atoms with Gasteiger partial charge < -0.3 is 4.74 Å². The number of hydrogen-bond donors (Lipinski definition) is 0. The summed E-state index contributed by atoms with van der Waals surface area (Å²) >= 11 is 0. The lowest BCUT2D eigenvalue weighted by Gasteiger charge is -2.19. The van der Waals surface area contributed by atoms with Crippen LogP contribution in [0.25, 0.3) is 43.1 Å². The molecule has 0 aromatic heterocycles. The molecule has 0 aliphatic heterocycles. The first-order chi connectivity index (χ1) is 15.7. The van der Waals surface area contributed by atoms with Crippen molar-refractivity contribution in [3.05, 3.63) is 72.3 Å². The minimum absolute atomic E-state index is 0.143. The van der Waals surface area contributed by atoms with Crippen LogP contribution in [-0.4, -0.2) is 18.9 Å². The van der Waals surface area contributed by atoms with Crippen LogP contribution in [0, 0.1) is 5.92 Å². The molecule has 0 bridgehead atoms. The molecule has 0 saturated carbocycles. The van der Waals surface area contributed by atoms with E-state index in [2.05, 4.69) is 55.5 Å². The predicted molar refractivity (Wildman–Crippen MR) is 132 cm³/mol. The zero-order valence-electron chi connectivity index (χ0n) is 18.5. The minimum Gasteiger partial charge on any atom is -0.468 e. The van der Waals surface area contributed by atoms with Gasteiger partial charge in [-0.15, -0.1) is 0 Å². The highest BCUT2D eigenvalue weighted by molar-refractivity contribution is 6.36. The first kappa shape index (κ1) is 20.4. The highest BCUT2D eigenvalue weighted by Gasteiger charge is 2.30. The Morgan fingerprint density at radius 1 is 0.750 bits per heavy atom. The number of Topliss-reactive ketones (excluding diaryl/α,β-unsaturated/α-hetero) is 1. The summed E-state index contributed by atoms with van der Waals surface area (Å²) in [6, 6.07) is 22.8. The number of benzene rings is 5. The Morgan fingerprint density at radius 2 is 1.38 bits per heavy atom. The van der Waals surface area contributed by atoms with E-state index in [1.165, 1.54) is 12.5 Å². The maximum Gasteiger partial charge on any atom is 0.316 e. The molecule has 3 nitrogen and oxygen atoms in total. The highest BCUT2D eigenvalue weighted by Crippen LogP contribution is 2.42. The monoisotopic (exact) mass is 422 g/mol. The van der Waals surface area contributed by atoms with E-state index in [4.69, 9.17) is 4.74 Å². The minimum atomic E-state index is -0.774. The molecular weight excluding hydrogens is 396 g/mol. The summed E-state index contributed by atoms with van der Waals surface area (Å²) in [5.74, 6) is -1.36. The van der Waals surface area contributed by atoms with Gasteiger partial charge in [-0.05, 0) is 44.1 Å². The molecule has 1 unspecified atom stereocenters. The molecule has 1 atom stereocenters. The molecule has 0 radical (unpaired) electrons. The molecule has 0 aliphatic rings. The molecule has 0 saturated heterocycles. The number of ketones is 1. The number of hydrogen-bond acceptors (Lipinski definition) is 3. The van der Waals surface area contributed by atoms with Gasteiger partial charge in [-0.25, -0.2) is 0 Å². The molecule has 0 heterocycles. The van der Waals surface area contributed by atoms with Crippen LogP contribution in [0.2, 0.25) is 0 Å². The Bertz CT molecular complexity index is 1460. The standard InChI is InChI=1S/C29H26O3/c1-3-4-5-12-24(29(31)32-2)28(30)23-17-16-19-11-7-14-21-20-13-6-9-18-10-8-15-22(25(18)20)27(23)26(19)21/h6-11,13-17,24H,3-5,12H2,1-2H3. The summed E-state index contributed by atoms with van der Waals surface area (Å²) < 4.78 is 5.04. The summed E-state index contributed by atoms with van der Waals surface area (Å²) in [4.78, 5) is 26.4. The second-order valence-electron chi connectivity index (χ2n) is 8.54. The average molecular weight is 423 g/mol. The van der Waals surface area contributed by atoms with Crippen molar-refractivity contribution in [3.63, 3.8) is 0 Å². The molecule has 0 spiro atoms. The second kappa shape index (κ2) is 8.23. The van der Waals surface area contributed by atoms with Crippen LogP contribution >= 0.6 is 0 Å². The number of fused-ring (bicyclic) bond motifs is 2. The number of ether oxygens (including phenoxy) is 1. The zero-order valence-corrected chi connectivity index (χ0v) is 18.5. The fourth-order valence-corrected chi connectivity index (χ4v) is 5.15. The van der Waals surface area contributed by atoms with E-state index < -0.39 is 11.9 Å². The predicted octanol–water partition coefficient (Wildman–Crippen LogP) is 7.29. The van der Waals surface area contributed by atoms with Crippen molar-refractivity contribution in [2.24, 2.45) is 5.92 Å². The van der Waals surface area contributed by atoms with Crippen molar-refractivity contribution >= 4 is 54.8 Å². The number of methoxy groups -OCH3 is 1. The third kappa shape index (κ3) is 3.12. The molecule has 3 heteroatoms. The first-order valence-corrected chi connectivity index (χ1v) is 11.4. The number of esters is 1. The normalized spacial score (nSPS) is 12.7. The quantitative estimate of drug-likeness (QED) is 0.0691. The molecule has 160 valence electrons. The molecule has 5 rings (SSSR count). The van der Waals surface area contributed by atoms with E-state index in [0.717, 1.165) is 57.0 Å². The zero-order chi connectivity index (χ0) is 22.2. The van der Waals surface area contributed by atoms with Crippen LogP contribution in [0.3, 0.4) is 0 Å². The van der Waals surface area contributed by atoms with Gasteiger partial charge in [0.1, 0.15) is 5.92 Å². The number of unbranched alkanes of at least 4 members (excludes halogenated alkanes) is 2. The topological polar surface area (TPSA) is 43.4 Å². The first-order valence-electron chi connectivity index (χ1n) is 11.4. The van der Waals surface area contributed by atoms with Crippen LogP contribution in [0.5, 0.6) is 0 Å². The van der Waals surface area contributed by atoms with Gasteiger partial charge in [0.15, 0.2) is 5.78 Å². The Balaban J connectivity index is 1.83. The summed E-state index contributed by atoms with van der Waals surface area (Å²) in [6.45, 7) is 2.11. The van der Waals surface area contributed by atoms with Gasteiger partial charge in [-0.3, -0.25) is 9.59 Å². The van der Waals surface area contributed by atoms with E-state index >= 15 is 0 Å². The smallest absolute Gasteiger partial charge is 0.316 e. The fraction of sp³-hybridized carbons (Fsp3) is 0.241. The largest absolute Gasteiger partial charge is 0.468 e. The van der Waals surface area contributed by atoms with Crippen molar-refractivity contribution in [1.82, 2.24) is 0 Å². The van der Waals surface area contributed by atoms with Crippen molar-refractivity contribution in [3.8, 4) is 0 Å². The van der Waals surface area contributed by atoms with Gasteiger partial charge in [-0.1, -0.05) is 92.9 Å². The molecule has 0 N–H and O–H groups in total.